The molecule has 0 fully saturated rings. The van der Waals surface area contributed by atoms with Crippen molar-refractivity contribution in [2.45, 2.75) is 169 Å². The van der Waals surface area contributed by atoms with Gasteiger partial charge in [0.1, 0.15) is 0 Å². The molecule has 0 aromatic rings. The van der Waals surface area contributed by atoms with E-state index in [2.05, 4.69) is 27.7 Å². The van der Waals surface area contributed by atoms with Crippen molar-refractivity contribution >= 4 is 11.9 Å². The van der Waals surface area contributed by atoms with Gasteiger partial charge in [-0.25, -0.2) is 0 Å². The Hall–Kier alpha value is -1.06. The molecule has 0 aliphatic heterocycles. The van der Waals surface area contributed by atoms with Gasteiger partial charge in [0.2, 0.25) is 0 Å². The minimum absolute atomic E-state index is 0.00272. The van der Waals surface area contributed by atoms with Gasteiger partial charge in [-0.3, -0.25) is 9.59 Å². The highest BCUT2D eigenvalue weighted by molar-refractivity contribution is 5.69. The van der Waals surface area contributed by atoms with Crippen molar-refractivity contribution in [3.63, 3.8) is 0 Å². The van der Waals surface area contributed by atoms with Gasteiger partial charge in [0.25, 0.3) is 0 Å². The molecule has 0 aromatic heterocycles. The fraction of sp³-hybridized carbons (Fsp3) is 0.938. The van der Waals surface area contributed by atoms with E-state index in [-0.39, 0.29) is 11.9 Å². The standard InChI is InChI=1S/C32H62O4/c1-5-7-9-22-26-35-31(33)25-21-19-17-15-13-11-12-14-16-18-20-24-30(29(3)4)28-32(34)36-27-23-10-8-6-2/h29-30H,5-28H2,1-4H3. The van der Waals surface area contributed by atoms with Gasteiger partial charge in [0.15, 0.2) is 0 Å². The molecule has 0 aromatic carbocycles. The molecular weight excluding hydrogens is 448 g/mol. The highest BCUT2D eigenvalue weighted by atomic mass is 16.5. The Kier molecular flexibility index (Phi) is 26.2. The third-order valence-corrected chi connectivity index (χ3v) is 7.35. The fourth-order valence-electron chi connectivity index (χ4n) is 4.71. The predicted molar refractivity (Wildman–Crippen MR) is 153 cm³/mol. The highest BCUT2D eigenvalue weighted by Crippen LogP contribution is 2.23. The van der Waals surface area contributed by atoms with E-state index in [1.54, 1.807) is 0 Å². The second-order valence-electron chi connectivity index (χ2n) is 11.2. The van der Waals surface area contributed by atoms with E-state index in [4.69, 9.17) is 9.47 Å². The smallest absolute Gasteiger partial charge is 0.306 e. The molecule has 4 nitrogen and oxygen atoms in total. The average Bonchev–Trinajstić information content (AvgIpc) is 2.85. The van der Waals surface area contributed by atoms with Crippen LogP contribution in [0.25, 0.3) is 0 Å². The molecule has 1 atom stereocenters. The first-order chi connectivity index (χ1) is 17.5. The van der Waals surface area contributed by atoms with Crippen LogP contribution in [-0.4, -0.2) is 25.2 Å². The molecule has 0 radical (unpaired) electrons. The van der Waals surface area contributed by atoms with Crippen LogP contribution in [0, 0.1) is 11.8 Å². The molecule has 0 amide bonds. The van der Waals surface area contributed by atoms with Crippen LogP contribution in [0.1, 0.15) is 169 Å². The number of esters is 2. The zero-order valence-electron chi connectivity index (χ0n) is 24.8. The van der Waals surface area contributed by atoms with Crippen molar-refractivity contribution in [3.8, 4) is 0 Å². The van der Waals surface area contributed by atoms with E-state index in [1.807, 2.05) is 0 Å². The first kappa shape index (κ1) is 34.9. The van der Waals surface area contributed by atoms with Crippen LogP contribution in [0.3, 0.4) is 0 Å². The zero-order chi connectivity index (χ0) is 26.7. The summed E-state index contributed by atoms with van der Waals surface area (Å²) in [5.41, 5.74) is 0. The van der Waals surface area contributed by atoms with E-state index < -0.39 is 0 Å². The summed E-state index contributed by atoms with van der Waals surface area (Å²) in [5.74, 6) is 0.992. The normalized spacial score (nSPS) is 12.1. The predicted octanol–water partition coefficient (Wildman–Crippen LogP) is 9.97. The number of ether oxygens (including phenoxy) is 2. The monoisotopic (exact) mass is 510 g/mol. The van der Waals surface area contributed by atoms with E-state index in [0.29, 0.717) is 37.9 Å². The second kappa shape index (κ2) is 27.0. The van der Waals surface area contributed by atoms with Crippen LogP contribution in [0.2, 0.25) is 0 Å². The van der Waals surface area contributed by atoms with E-state index in [1.165, 1.54) is 89.9 Å². The van der Waals surface area contributed by atoms with Crippen molar-refractivity contribution in [1.82, 2.24) is 0 Å². The van der Waals surface area contributed by atoms with E-state index in [9.17, 15) is 9.59 Å². The van der Waals surface area contributed by atoms with Crippen molar-refractivity contribution in [2.24, 2.45) is 11.8 Å². The van der Waals surface area contributed by atoms with Gasteiger partial charge in [-0.1, -0.05) is 130 Å². The lowest BCUT2D eigenvalue weighted by Crippen LogP contribution is -2.17. The van der Waals surface area contributed by atoms with Gasteiger partial charge in [0.05, 0.1) is 13.2 Å². The van der Waals surface area contributed by atoms with Gasteiger partial charge in [0, 0.05) is 12.8 Å². The molecule has 0 aliphatic rings. The maximum Gasteiger partial charge on any atom is 0.306 e. The highest BCUT2D eigenvalue weighted by Gasteiger charge is 2.18. The summed E-state index contributed by atoms with van der Waals surface area (Å²) >= 11 is 0. The number of unbranched alkanes of at least 4 members (excludes halogenated alkanes) is 16. The van der Waals surface area contributed by atoms with Gasteiger partial charge in [-0.05, 0) is 37.5 Å². The topological polar surface area (TPSA) is 52.6 Å². The Morgan fingerprint density at radius 3 is 1.42 bits per heavy atom. The molecule has 0 spiro atoms. The number of hydrogen-bond donors (Lipinski definition) is 0. The first-order valence-corrected chi connectivity index (χ1v) is 15.8. The van der Waals surface area contributed by atoms with Gasteiger partial charge >= 0.3 is 11.9 Å². The third-order valence-electron chi connectivity index (χ3n) is 7.35. The number of rotatable bonds is 27. The third kappa shape index (κ3) is 24.6. The average molecular weight is 511 g/mol. The summed E-state index contributed by atoms with van der Waals surface area (Å²) < 4.78 is 10.8. The lowest BCUT2D eigenvalue weighted by Gasteiger charge is -2.20. The Morgan fingerprint density at radius 2 is 0.944 bits per heavy atom. The van der Waals surface area contributed by atoms with Crippen molar-refractivity contribution in [1.29, 1.82) is 0 Å². The lowest BCUT2D eigenvalue weighted by molar-refractivity contribution is -0.145. The minimum Gasteiger partial charge on any atom is -0.466 e. The Bertz CT molecular complexity index is 489. The lowest BCUT2D eigenvalue weighted by atomic mass is 9.87. The maximum atomic E-state index is 12.2. The molecule has 36 heavy (non-hydrogen) atoms. The summed E-state index contributed by atoms with van der Waals surface area (Å²) in [4.78, 5) is 23.9. The van der Waals surface area contributed by atoms with Crippen LogP contribution >= 0.6 is 0 Å². The fourth-order valence-corrected chi connectivity index (χ4v) is 4.71. The Balaban J connectivity index is 3.51. The van der Waals surface area contributed by atoms with Crippen molar-refractivity contribution in [3.05, 3.63) is 0 Å². The molecule has 4 heteroatoms. The molecule has 0 saturated heterocycles. The molecular formula is C32H62O4. The van der Waals surface area contributed by atoms with Gasteiger partial charge in [-0.15, -0.1) is 0 Å². The first-order valence-electron chi connectivity index (χ1n) is 15.8. The summed E-state index contributed by atoms with van der Waals surface area (Å²) in [6.45, 7) is 10.1. The molecule has 0 heterocycles. The second-order valence-corrected chi connectivity index (χ2v) is 11.2. The van der Waals surface area contributed by atoms with Gasteiger partial charge in [-0.2, -0.15) is 0 Å². The number of hydrogen-bond acceptors (Lipinski definition) is 4. The summed E-state index contributed by atoms with van der Waals surface area (Å²) in [7, 11) is 0. The van der Waals surface area contributed by atoms with Crippen LogP contribution in [0.15, 0.2) is 0 Å². The quantitative estimate of drug-likeness (QED) is 0.0814. The van der Waals surface area contributed by atoms with Gasteiger partial charge < -0.3 is 9.47 Å². The van der Waals surface area contributed by atoms with Crippen LogP contribution < -0.4 is 0 Å². The maximum absolute atomic E-state index is 12.2. The zero-order valence-corrected chi connectivity index (χ0v) is 24.8. The molecule has 214 valence electrons. The number of carbonyl (C=O) groups excluding carboxylic acids is 2. The van der Waals surface area contributed by atoms with Crippen LogP contribution in [-0.2, 0) is 19.1 Å². The van der Waals surface area contributed by atoms with Crippen LogP contribution in [0.4, 0.5) is 0 Å². The minimum atomic E-state index is -0.0102. The number of carbonyl (C=O) groups is 2. The summed E-state index contributed by atoms with van der Waals surface area (Å²) in [6, 6.07) is 0. The van der Waals surface area contributed by atoms with Crippen molar-refractivity contribution < 1.29 is 19.1 Å². The van der Waals surface area contributed by atoms with E-state index in [0.717, 1.165) is 38.5 Å². The molecule has 0 rings (SSSR count). The van der Waals surface area contributed by atoms with Crippen LogP contribution in [0.5, 0.6) is 0 Å². The Morgan fingerprint density at radius 1 is 0.528 bits per heavy atom. The molecule has 0 N–H and O–H groups in total. The Labute approximate surface area is 225 Å². The molecule has 0 saturated carbocycles. The summed E-state index contributed by atoms with van der Waals surface area (Å²) in [5, 5.41) is 0. The SMILES string of the molecule is CCCCCCOC(=O)CCCCCCCCCCCCCC(CC(=O)OCCCCCC)C(C)C. The largest absolute Gasteiger partial charge is 0.466 e. The molecule has 0 bridgehead atoms. The molecule has 1 unspecified atom stereocenters. The summed E-state index contributed by atoms with van der Waals surface area (Å²) in [6.07, 6.45) is 25.3. The molecule has 0 aliphatic carbocycles. The van der Waals surface area contributed by atoms with E-state index >= 15 is 0 Å². The van der Waals surface area contributed by atoms with Crippen molar-refractivity contribution in [2.75, 3.05) is 13.2 Å².